The fraction of sp³-hybridized carbons (Fsp3) is 0.800. The van der Waals surface area contributed by atoms with Gasteiger partial charge in [0.05, 0.1) is 0 Å². The minimum absolute atomic E-state index is 0.0293. The molecule has 0 radical (unpaired) electrons. The normalized spacial score (nSPS) is 56.4. The topological polar surface area (TPSA) is 37.3 Å². The molecule has 5 unspecified atom stereocenters. The van der Waals surface area contributed by atoms with Gasteiger partial charge >= 0.3 is 0 Å². The summed E-state index contributed by atoms with van der Waals surface area (Å²) in [6.45, 7) is 6.79. The number of carbonyl (C=O) groups excluding carboxylic acids is 1. The summed E-state index contributed by atoms with van der Waals surface area (Å²) in [6.07, 6.45) is 7.20. The number of aliphatic hydroxyl groups excluding tert-OH is 1. The van der Waals surface area contributed by atoms with Crippen molar-refractivity contribution in [3.8, 4) is 0 Å². The zero-order chi connectivity index (χ0) is 12.5. The van der Waals surface area contributed by atoms with Gasteiger partial charge in [-0.15, -0.1) is 0 Å². The monoisotopic (exact) mass is 234 g/mol. The Hall–Kier alpha value is -0.630. The number of allylic oxidation sites excluding steroid dienone is 2. The summed E-state index contributed by atoms with van der Waals surface area (Å²) in [5, 5.41) is 9.78. The summed E-state index contributed by atoms with van der Waals surface area (Å²) < 4.78 is 0. The quantitative estimate of drug-likeness (QED) is 0.757. The minimum Gasteiger partial charge on any atom is -0.396 e. The highest BCUT2D eigenvalue weighted by atomic mass is 16.3. The summed E-state index contributed by atoms with van der Waals surface area (Å²) in [7, 11) is 0. The lowest BCUT2D eigenvalue weighted by molar-refractivity contribution is -0.126. The summed E-state index contributed by atoms with van der Waals surface area (Å²) in [5.74, 6) is 1.32. The average molecular weight is 234 g/mol. The average Bonchev–Trinajstić information content (AvgIpc) is 2.81. The van der Waals surface area contributed by atoms with Crippen molar-refractivity contribution in [3.63, 3.8) is 0 Å². The van der Waals surface area contributed by atoms with Crippen LogP contribution in [0.5, 0.6) is 0 Å². The molecular formula is C15H22O2. The summed E-state index contributed by atoms with van der Waals surface area (Å²) in [6, 6.07) is 0. The maximum absolute atomic E-state index is 12.3. The molecule has 2 fully saturated rings. The van der Waals surface area contributed by atoms with Crippen molar-refractivity contribution in [3.05, 3.63) is 12.2 Å². The van der Waals surface area contributed by atoms with Crippen molar-refractivity contribution in [2.45, 2.75) is 40.0 Å². The molecule has 17 heavy (non-hydrogen) atoms. The Kier molecular flexibility index (Phi) is 2.04. The molecule has 2 heteroatoms. The van der Waals surface area contributed by atoms with Crippen LogP contribution in [0.4, 0.5) is 0 Å². The van der Waals surface area contributed by atoms with Crippen LogP contribution in [0.2, 0.25) is 0 Å². The third-order valence-corrected chi connectivity index (χ3v) is 6.25. The molecule has 3 aliphatic carbocycles. The first kappa shape index (κ1) is 11.5. The van der Waals surface area contributed by atoms with Crippen LogP contribution in [0.3, 0.4) is 0 Å². The van der Waals surface area contributed by atoms with E-state index in [0.717, 1.165) is 12.8 Å². The lowest BCUT2D eigenvalue weighted by Gasteiger charge is -2.40. The van der Waals surface area contributed by atoms with E-state index in [2.05, 4.69) is 26.8 Å². The molecule has 0 aromatic carbocycles. The van der Waals surface area contributed by atoms with E-state index in [1.807, 2.05) is 6.08 Å². The first-order valence-corrected chi connectivity index (χ1v) is 6.75. The van der Waals surface area contributed by atoms with E-state index in [0.29, 0.717) is 11.8 Å². The van der Waals surface area contributed by atoms with Gasteiger partial charge in [0.15, 0.2) is 5.78 Å². The van der Waals surface area contributed by atoms with E-state index in [4.69, 9.17) is 0 Å². The summed E-state index contributed by atoms with van der Waals surface area (Å²) >= 11 is 0. The summed E-state index contributed by atoms with van der Waals surface area (Å²) in [4.78, 5) is 12.3. The van der Waals surface area contributed by atoms with Crippen LogP contribution in [0.15, 0.2) is 12.2 Å². The van der Waals surface area contributed by atoms with Crippen molar-refractivity contribution in [2.24, 2.45) is 28.1 Å². The Labute approximate surface area is 103 Å². The fourth-order valence-electron chi connectivity index (χ4n) is 5.50. The van der Waals surface area contributed by atoms with Crippen LogP contribution < -0.4 is 0 Å². The van der Waals surface area contributed by atoms with Gasteiger partial charge in [-0.05, 0) is 42.6 Å². The van der Waals surface area contributed by atoms with Crippen LogP contribution in [-0.4, -0.2) is 17.5 Å². The maximum Gasteiger partial charge on any atom is 0.162 e. The van der Waals surface area contributed by atoms with Gasteiger partial charge in [-0.2, -0.15) is 0 Å². The van der Waals surface area contributed by atoms with Gasteiger partial charge in [-0.25, -0.2) is 0 Å². The maximum atomic E-state index is 12.3. The predicted molar refractivity (Wildman–Crippen MR) is 66.4 cm³/mol. The minimum atomic E-state index is -0.259. The first-order valence-electron chi connectivity index (χ1n) is 6.75. The predicted octanol–water partition coefficient (Wildman–Crippen LogP) is 2.57. The van der Waals surface area contributed by atoms with Crippen LogP contribution in [-0.2, 0) is 4.79 Å². The molecule has 0 amide bonds. The molecule has 5 atom stereocenters. The van der Waals surface area contributed by atoms with E-state index >= 15 is 0 Å². The van der Waals surface area contributed by atoms with E-state index < -0.39 is 0 Å². The number of ketones is 1. The number of rotatable bonds is 1. The molecule has 0 aromatic rings. The molecule has 0 bridgehead atoms. The third-order valence-electron chi connectivity index (χ3n) is 6.25. The van der Waals surface area contributed by atoms with Gasteiger partial charge in [-0.1, -0.05) is 26.8 Å². The van der Waals surface area contributed by atoms with Gasteiger partial charge in [0, 0.05) is 17.4 Å². The third kappa shape index (κ3) is 1.00. The van der Waals surface area contributed by atoms with Gasteiger partial charge in [0.25, 0.3) is 0 Å². The molecule has 3 aliphatic rings. The molecule has 2 nitrogen and oxygen atoms in total. The molecule has 94 valence electrons. The Bertz CT molecular complexity index is 413. The van der Waals surface area contributed by atoms with E-state index in [1.54, 1.807) is 0 Å². The Morgan fingerprint density at radius 3 is 2.76 bits per heavy atom. The fourth-order valence-corrected chi connectivity index (χ4v) is 5.50. The number of carbonyl (C=O) groups is 1. The smallest absolute Gasteiger partial charge is 0.162 e. The Morgan fingerprint density at radius 2 is 2.12 bits per heavy atom. The van der Waals surface area contributed by atoms with Gasteiger partial charge in [-0.3, -0.25) is 4.79 Å². The van der Waals surface area contributed by atoms with Gasteiger partial charge < -0.3 is 5.11 Å². The van der Waals surface area contributed by atoms with Gasteiger partial charge in [0.2, 0.25) is 0 Å². The second kappa shape index (κ2) is 3.03. The van der Waals surface area contributed by atoms with Crippen molar-refractivity contribution in [1.82, 2.24) is 0 Å². The van der Waals surface area contributed by atoms with Gasteiger partial charge in [0.1, 0.15) is 0 Å². The lowest BCUT2D eigenvalue weighted by atomic mass is 9.62. The Morgan fingerprint density at radius 1 is 1.41 bits per heavy atom. The molecule has 0 aliphatic heterocycles. The molecule has 1 spiro atoms. The molecular weight excluding hydrogens is 212 g/mol. The molecule has 3 rings (SSSR count). The molecule has 0 saturated heterocycles. The highest BCUT2D eigenvalue weighted by Gasteiger charge is 2.72. The van der Waals surface area contributed by atoms with Crippen molar-refractivity contribution < 1.29 is 9.90 Å². The number of hydrogen-bond donors (Lipinski definition) is 1. The van der Waals surface area contributed by atoms with Crippen LogP contribution in [0, 0.1) is 28.1 Å². The van der Waals surface area contributed by atoms with E-state index in [1.165, 1.54) is 6.42 Å². The zero-order valence-electron chi connectivity index (χ0n) is 11.0. The van der Waals surface area contributed by atoms with Crippen LogP contribution >= 0.6 is 0 Å². The number of hydrogen-bond acceptors (Lipinski definition) is 2. The highest BCUT2D eigenvalue weighted by molar-refractivity contribution is 5.99. The number of aliphatic hydroxyl groups is 1. The second-order valence-corrected chi connectivity index (χ2v) is 6.98. The second-order valence-electron chi connectivity index (χ2n) is 6.98. The highest BCUT2D eigenvalue weighted by Crippen LogP contribution is 2.74. The summed E-state index contributed by atoms with van der Waals surface area (Å²) in [5.41, 5.74) is -0.299. The Balaban J connectivity index is 2.19. The molecule has 0 aromatic heterocycles. The molecule has 0 heterocycles. The van der Waals surface area contributed by atoms with Crippen LogP contribution in [0.1, 0.15) is 40.0 Å². The first-order chi connectivity index (χ1) is 7.91. The largest absolute Gasteiger partial charge is 0.396 e. The van der Waals surface area contributed by atoms with E-state index in [-0.39, 0.29) is 28.6 Å². The van der Waals surface area contributed by atoms with Crippen molar-refractivity contribution >= 4 is 5.78 Å². The molecule has 2 saturated carbocycles. The zero-order valence-corrected chi connectivity index (χ0v) is 11.0. The lowest BCUT2D eigenvalue weighted by Crippen LogP contribution is -2.40. The SMILES string of the molecule is CC1CCC2C(C)(CO)CC3(C)C(=O)C=CC123. The molecule has 1 N–H and O–H groups in total. The van der Waals surface area contributed by atoms with E-state index in [9.17, 15) is 9.90 Å². The standard InChI is InChI=1S/C15H22O2/c1-10-4-5-11-13(2,9-16)8-14(3)12(17)6-7-15(10,11)14/h6-7,10-11,16H,4-5,8-9H2,1-3H3. The van der Waals surface area contributed by atoms with Crippen molar-refractivity contribution in [2.75, 3.05) is 6.61 Å². The van der Waals surface area contributed by atoms with Crippen molar-refractivity contribution in [1.29, 1.82) is 0 Å². The van der Waals surface area contributed by atoms with Crippen LogP contribution in [0.25, 0.3) is 0 Å².